The number of nitrogens with one attached hydrogen (secondary N) is 3. The summed E-state index contributed by atoms with van der Waals surface area (Å²) in [7, 11) is 1.64. The second-order valence-electron chi connectivity index (χ2n) is 41.3. The number of nitrogens with zero attached hydrogens (tertiary/aromatic N) is 12. The van der Waals surface area contributed by atoms with Crippen molar-refractivity contribution in [3.63, 3.8) is 0 Å². The third-order valence-electron chi connectivity index (χ3n) is 30.5. The summed E-state index contributed by atoms with van der Waals surface area (Å²) in [5.74, 6) is 2.99. The standard InChI is InChI=1S/C30H38N4O4S.C29H35N3O3S.C28H32N4O3S.C27H32N4O3S/c1-20(2)12-17-33-28(36)26(39-29(33)21-8-10-24(38-3)11-9-21)18-27(35)32-15-13-23(14-16-32)34-19-22-6-4-5-7-25(22)31-30(34)37;1-20(2)12-17-31-28(35)25(36-29(31)21-8-4-3-5-9-21)19-26(33)30-15-13-23(14-16-30)32-24-11-7-6-10-22(24)18-27(32)34;33-25(16-24-26(34)32(17-19-10-11-19)27(36-24)20-6-2-1-3-7-20)30-14-12-22(13-15-30)31-18-21-8-4-5-9-23(21)29-28(31)35;1-2-14-30-25(33)23(35-26(30)19-8-4-3-5-9-19)17-24(32)29-15-12-21(13-16-29)31-18-20-10-6-7-11-22(20)28-27(31)34/h4-11,20,23,26,29H,12-19H2,1-3H3,(H,31,37);3-11,20,23,25,29H,12-19H2,1-2H3;1-9,19,22,24,27H,10-18H2,(H,29,35);3-11,21,23,26H,2,12-18H2,1H3,(H,28,34). The number of anilines is 4. The average molecular weight is 2050 g/mol. The zero-order valence-corrected chi connectivity index (χ0v) is 87.8. The van der Waals surface area contributed by atoms with Crippen LogP contribution >= 0.6 is 47.0 Å². The number of hydrogen-bond acceptors (Lipinski definition) is 17. The van der Waals surface area contributed by atoms with Crippen LogP contribution in [0.15, 0.2) is 212 Å². The van der Waals surface area contributed by atoms with Crippen molar-refractivity contribution in [1.29, 1.82) is 0 Å². The fourth-order valence-electron chi connectivity index (χ4n) is 22.1. The number of fused-ring (bicyclic) bond motifs is 4. The second-order valence-corrected chi connectivity index (χ2v) is 46.4. The molecule has 12 aliphatic heterocycles. The molecule has 15 amide bonds. The largest absolute Gasteiger partial charge is 0.497 e. The van der Waals surface area contributed by atoms with Gasteiger partial charge in [0.1, 0.15) is 27.2 Å². The Kier molecular flexibility index (Phi) is 34.1. The topological polar surface area (TPSA) is 289 Å². The lowest BCUT2D eigenvalue weighted by atomic mass is 10.0. The summed E-state index contributed by atoms with van der Waals surface area (Å²) in [5.41, 5.74) is 12.5. The second kappa shape index (κ2) is 47.9. The number of rotatable bonds is 27. The first kappa shape index (κ1) is 104. The van der Waals surface area contributed by atoms with Gasteiger partial charge in [-0.2, -0.15) is 0 Å². The third kappa shape index (κ3) is 24.5. The van der Waals surface area contributed by atoms with Crippen molar-refractivity contribution in [3.05, 3.63) is 257 Å². The van der Waals surface area contributed by atoms with Gasteiger partial charge in [-0.3, -0.25) is 43.2 Å². The molecule has 8 aromatic carbocycles. The summed E-state index contributed by atoms with van der Waals surface area (Å²) in [4.78, 5) is 180. The van der Waals surface area contributed by atoms with E-state index in [4.69, 9.17) is 4.74 Å². The van der Waals surface area contributed by atoms with Gasteiger partial charge in [0.25, 0.3) is 0 Å². The van der Waals surface area contributed by atoms with Gasteiger partial charge in [0.05, 0.1) is 34.5 Å². The zero-order chi connectivity index (χ0) is 102. The lowest BCUT2D eigenvalue weighted by Crippen LogP contribution is -2.51. The first-order valence-corrected chi connectivity index (χ1v) is 56.2. The van der Waals surface area contributed by atoms with E-state index in [0.717, 1.165) is 150 Å². The van der Waals surface area contributed by atoms with Gasteiger partial charge < -0.3 is 79.5 Å². The van der Waals surface area contributed by atoms with Crippen LogP contribution in [0.5, 0.6) is 5.75 Å². The number of piperidine rings is 4. The molecular weight excluding hydrogens is 1920 g/mol. The predicted molar refractivity (Wildman–Crippen MR) is 575 cm³/mol. The smallest absolute Gasteiger partial charge is 0.322 e. The molecule has 0 radical (unpaired) electrons. The number of amides is 15. The van der Waals surface area contributed by atoms with E-state index in [1.165, 1.54) is 12.8 Å². The Bertz CT molecular complexity index is 5980. The van der Waals surface area contributed by atoms with Crippen molar-refractivity contribution < 1.29 is 62.3 Å². The molecule has 3 N–H and O–H groups in total. The van der Waals surface area contributed by atoms with Gasteiger partial charge >= 0.3 is 18.1 Å². The summed E-state index contributed by atoms with van der Waals surface area (Å²) >= 11 is 6.42. The molecule has 28 nitrogen and oxygen atoms in total. The summed E-state index contributed by atoms with van der Waals surface area (Å²) in [6, 6.07) is 70.2. The Morgan fingerprint density at radius 1 is 0.342 bits per heavy atom. The number of carbonyl (C=O) groups is 12. The van der Waals surface area contributed by atoms with Crippen molar-refractivity contribution in [3.8, 4) is 5.75 Å². The molecule has 770 valence electrons. The number of urea groups is 3. The molecule has 32 heteroatoms. The van der Waals surface area contributed by atoms with Gasteiger partial charge in [0.2, 0.25) is 53.2 Å². The van der Waals surface area contributed by atoms with Crippen LogP contribution in [0, 0.1) is 17.8 Å². The Balaban J connectivity index is 0.000000128. The summed E-state index contributed by atoms with van der Waals surface area (Å²) in [6.45, 7) is 20.3. The number of methoxy groups -OCH3 is 1. The fraction of sp³-hybridized carbons (Fsp3) is 0.474. The molecule has 0 aromatic heterocycles. The number of likely N-dealkylation sites (tertiary alicyclic amines) is 4. The number of ether oxygens (including phenoxy) is 1. The van der Waals surface area contributed by atoms with E-state index in [2.05, 4.69) is 87.0 Å². The molecule has 0 spiro atoms. The number of benzene rings is 8. The van der Waals surface area contributed by atoms with Crippen molar-refractivity contribution in [2.75, 3.05) is 106 Å². The van der Waals surface area contributed by atoms with Gasteiger partial charge in [0.15, 0.2) is 0 Å². The van der Waals surface area contributed by atoms with Gasteiger partial charge in [-0.1, -0.05) is 211 Å². The van der Waals surface area contributed by atoms with E-state index in [1.54, 1.807) is 54.2 Å². The number of carbonyl (C=O) groups excluding carboxylic acids is 12. The SMILES string of the molecule is CC(C)CCN1C(=O)C(CC(=O)N2CCC(N3C(=O)Cc4ccccc43)CC2)SC1c1ccccc1.CCCN1C(=O)C(CC(=O)N2CCC(N3Cc4ccccc4NC3=O)CC2)SC1c1ccccc1.COc1ccc(C2SC(CC(=O)N3CCC(N4Cc5ccccc5NC4=O)CC3)C(=O)N2CCC(C)C)cc1.O=C(CC1SC(c2ccccc2)N(CC2CC2)C1=O)N1CCC(N2Cc3ccccc3NC2=O)CC1. The maximum absolute atomic E-state index is 13.5. The Morgan fingerprint density at radius 2 is 0.637 bits per heavy atom. The maximum atomic E-state index is 13.5. The predicted octanol–water partition coefficient (Wildman–Crippen LogP) is 18.7. The van der Waals surface area contributed by atoms with Crippen LogP contribution in [0.3, 0.4) is 0 Å². The van der Waals surface area contributed by atoms with Crippen molar-refractivity contribution >= 4 is 141 Å². The maximum Gasteiger partial charge on any atom is 0.322 e. The molecule has 12 heterocycles. The summed E-state index contributed by atoms with van der Waals surface area (Å²) < 4.78 is 5.30. The first-order chi connectivity index (χ1) is 70.9. The van der Waals surface area contributed by atoms with E-state index >= 15 is 0 Å². The van der Waals surface area contributed by atoms with Gasteiger partial charge in [-0.15, -0.1) is 47.0 Å². The summed E-state index contributed by atoms with van der Waals surface area (Å²) in [6.07, 6.45) is 12.5. The fourth-order valence-corrected chi connectivity index (χ4v) is 27.9. The molecule has 0 bridgehead atoms. The highest BCUT2D eigenvalue weighted by atomic mass is 32.2. The van der Waals surface area contributed by atoms with E-state index in [-0.39, 0.29) is 164 Å². The van der Waals surface area contributed by atoms with Gasteiger partial charge in [0, 0.05) is 171 Å². The van der Waals surface area contributed by atoms with Crippen molar-refractivity contribution in [2.24, 2.45) is 17.8 Å². The number of para-hydroxylation sites is 4. The van der Waals surface area contributed by atoms with Gasteiger partial charge in [-0.05, 0) is 182 Å². The monoisotopic (exact) mass is 2050 g/mol. The molecule has 8 atom stereocenters. The van der Waals surface area contributed by atoms with E-state index in [9.17, 15) is 57.5 Å². The molecule has 8 aromatic rings. The third-order valence-corrected chi connectivity index (χ3v) is 36.5. The zero-order valence-electron chi connectivity index (χ0n) is 84.5. The summed E-state index contributed by atoms with van der Waals surface area (Å²) in [5, 5.41) is 7.37. The molecule has 1 saturated carbocycles. The molecule has 21 rings (SSSR count). The average Bonchev–Trinajstić information content (AvgIpc) is 1.49. The highest BCUT2D eigenvalue weighted by Gasteiger charge is 2.50. The van der Waals surface area contributed by atoms with Crippen LogP contribution < -0.4 is 25.6 Å². The highest BCUT2D eigenvalue weighted by molar-refractivity contribution is 8.02. The van der Waals surface area contributed by atoms with E-state index in [0.29, 0.717) is 116 Å². The van der Waals surface area contributed by atoms with Crippen LogP contribution in [-0.2, 0) is 69.2 Å². The minimum Gasteiger partial charge on any atom is -0.497 e. The quantitative estimate of drug-likeness (QED) is 0.0431. The van der Waals surface area contributed by atoms with Crippen LogP contribution in [0.4, 0.5) is 37.1 Å². The lowest BCUT2D eigenvalue weighted by molar-refractivity contribution is -0.137. The van der Waals surface area contributed by atoms with Crippen molar-refractivity contribution in [2.45, 2.75) is 236 Å². The number of hydrogen-bond donors (Lipinski definition) is 3. The minimum atomic E-state index is -0.390. The number of thioether (sulfide) groups is 4. The normalized spacial score (nSPS) is 22.9. The minimum absolute atomic E-state index is 0.0108. The molecular formula is C114H137N15O13S4. The van der Waals surface area contributed by atoms with Crippen LogP contribution in [-0.4, -0.2) is 256 Å². The van der Waals surface area contributed by atoms with Crippen LogP contribution in [0.25, 0.3) is 0 Å². The molecule has 13 aliphatic rings. The lowest BCUT2D eigenvalue weighted by Gasteiger charge is -2.40. The molecule has 8 saturated heterocycles. The highest BCUT2D eigenvalue weighted by Crippen LogP contribution is 2.51. The molecule has 146 heavy (non-hydrogen) atoms. The molecule has 9 fully saturated rings. The Labute approximate surface area is 874 Å². The van der Waals surface area contributed by atoms with E-state index in [1.807, 2.05) is 235 Å². The van der Waals surface area contributed by atoms with E-state index < -0.39 is 0 Å². The van der Waals surface area contributed by atoms with Crippen molar-refractivity contribution in [1.82, 2.24) is 53.9 Å². The van der Waals surface area contributed by atoms with Crippen LogP contribution in [0.1, 0.15) is 210 Å². The van der Waals surface area contributed by atoms with Crippen LogP contribution in [0.2, 0.25) is 0 Å². The first-order valence-electron chi connectivity index (χ1n) is 52.5. The Morgan fingerprint density at radius 3 is 0.966 bits per heavy atom. The molecule has 8 unspecified atom stereocenters. The molecule has 1 aliphatic carbocycles. The van der Waals surface area contributed by atoms with Gasteiger partial charge in [-0.25, -0.2) is 14.4 Å². The Hall–Kier alpha value is -12.0.